The molecule has 0 bridgehead atoms. The standard InChI is InChI=1S/C13H19NO4/c1-10-3-4-11(12(16)9-10)13(17)14-5-2-7-18-8-6-15/h3-4,9,15-16H,2,5-8H2,1H3,(H,14,17). The molecule has 5 nitrogen and oxygen atoms in total. The largest absolute Gasteiger partial charge is 0.507 e. The van der Waals surface area contributed by atoms with Crippen molar-refractivity contribution < 1.29 is 19.7 Å². The number of aromatic hydroxyl groups is 1. The Morgan fingerprint density at radius 3 is 2.83 bits per heavy atom. The summed E-state index contributed by atoms with van der Waals surface area (Å²) in [6, 6.07) is 4.93. The van der Waals surface area contributed by atoms with Crippen molar-refractivity contribution in [3.63, 3.8) is 0 Å². The van der Waals surface area contributed by atoms with Gasteiger partial charge in [0.2, 0.25) is 0 Å². The summed E-state index contributed by atoms with van der Waals surface area (Å²) in [5.74, 6) is -0.307. The van der Waals surface area contributed by atoms with Crippen LogP contribution < -0.4 is 5.32 Å². The molecule has 3 N–H and O–H groups in total. The second kappa shape index (κ2) is 7.68. The average molecular weight is 253 g/mol. The molecule has 0 saturated carbocycles. The molecule has 0 unspecified atom stereocenters. The normalized spacial score (nSPS) is 10.3. The third kappa shape index (κ3) is 4.73. The Kier molecular flexibility index (Phi) is 6.18. The van der Waals surface area contributed by atoms with Crippen LogP contribution in [-0.2, 0) is 4.74 Å². The molecule has 0 spiro atoms. The zero-order valence-corrected chi connectivity index (χ0v) is 10.5. The summed E-state index contributed by atoms with van der Waals surface area (Å²) in [5.41, 5.74) is 1.18. The summed E-state index contributed by atoms with van der Waals surface area (Å²) < 4.78 is 5.06. The van der Waals surface area contributed by atoms with Crippen LogP contribution in [-0.4, -0.2) is 42.5 Å². The zero-order chi connectivity index (χ0) is 13.4. The van der Waals surface area contributed by atoms with Crippen LogP contribution in [0.1, 0.15) is 22.3 Å². The first kappa shape index (κ1) is 14.5. The number of carbonyl (C=O) groups is 1. The van der Waals surface area contributed by atoms with Gasteiger partial charge in [0.25, 0.3) is 5.91 Å². The van der Waals surface area contributed by atoms with Gasteiger partial charge >= 0.3 is 0 Å². The van der Waals surface area contributed by atoms with Gasteiger partial charge in [-0.15, -0.1) is 0 Å². The molecule has 5 heteroatoms. The van der Waals surface area contributed by atoms with E-state index in [9.17, 15) is 9.90 Å². The number of amides is 1. The smallest absolute Gasteiger partial charge is 0.255 e. The van der Waals surface area contributed by atoms with E-state index >= 15 is 0 Å². The van der Waals surface area contributed by atoms with Crippen LogP contribution in [0, 0.1) is 6.92 Å². The summed E-state index contributed by atoms with van der Waals surface area (Å²) in [5, 5.41) is 20.8. The fourth-order valence-corrected chi connectivity index (χ4v) is 1.47. The summed E-state index contributed by atoms with van der Waals surface area (Å²) in [7, 11) is 0. The molecule has 0 aliphatic heterocycles. The first-order valence-electron chi connectivity index (χ1n) is 5.91. The molecule has 18 heavy (non-hydrogen) atoms. The molecule has 1 amide bonds. The number of nitrogens with one attached hydrogen (secondary N) is 1. The maximum atomic E-state index is 11.7. The Hall–Kier alpha value is -1.59. The van der Waals surface area contributed by atoms with Crippen molar-refractivity contribution in [3.05, 3.63) is 29.3 Å². The number of phenolic OH excluding ortho intramolecular Hbond substituents is 1. The van der Waals surface area contributed by atoms with Gasteiger partial charge in [-0.1, -0.05) is 6.07 Å². The van der Waals surface area contributed by atoms with Crippen molar-refractivity contribution in [1.29, 1.82) is 0 Å². The van der Waals surface area contributed by atoms with Gasteiger partial charge in [-0.3, -0.25) is 4.79 Å². The lowest BCUT2D eigenvalue weighted by molar-refractivity contribution is 0.0866. The molecule has 1 rings (SSSR count). The Morgan fingerprint density at radius 2 is 2.17 bits per heavy atom. The highest BCUT2D eigenvalue weighted by molar-refractivity contribution is 5.96. The summed E-state index contributed by atoms with van der Waals surface area (Å²) >= 11 is 0. The second-order valence-corrected chi connectivity index (χ2v) is 3.97. The van der Waals surface area contributed by atoms with Gasteiger partial charge in [0.15, 0.2) is 0 Å². The molecule has 0 atom stereocenters. The van der Waals surface area contributed by atoms with Gasteiger partial charge in [0, 0.05) is 13.2 Å². The average Bonchev–Trinajstić information content (AvgIpc) is 2.33. The number of phenols is 1. The quantitative estimate of drug-likeness (QED) is 0.629. The van der Waals surface area contributed by atoms with Crippen LogP contribution in [0.2, 0.25) is 0 Å². The number of ether oxygens (including phenoxy) is 1. The minimum atomic E-state index is -0.297. The monoisotopic (exact) mass is 253 g/mol. The number of aliphatic hydroxyl groups is 1. The summed E-state index contributed by atoms with van der Waals surface area (Å²) in [6.07, 6.45) is 0.665. The van der Waals surface area contributed by atoms with E-state index < -0.39 is 0 Å². The lowest BCUT2D eigenvalue weighted by atomic mass is 10.1. The fourth-order valence-electron chi connectivity index (χ4n) is 1.47. The van der Waals surface area contributed by atoms with Crippen LogP contribution in [0.3, 0.4) is 0 Å². The van der Waals surface area contributed by atoms with E-state index in [1.54, 1.807) is 18.2 Å². The SMILES string of the molecule is Cc1ccc(C(=O)NCCCOCCO)c(O)c1. The van der Waals surface area contributed by atoms with Crippen molar-refractivity contribution in [2.24, 2.45) is 0 Å². The Balaban J connectivity index is 2.32. The number of rotatable bonds is 7. The van der Waals surface area contributed by atoms with Crippen LogP contribution in [0.15, 0.2) is 18.2 Å². The molecule has 0 radical (unpaired) electrons. The van der Waals surface area contributed by atoms with Gasteiger partial charge < -0.3 is 20.3 Å². The maximum Gasteiger partial charge on any atom is 0.255 e. The van der Waals surface area contributed by atoms with E-state index in [4.69, 9.17) is 9.84 Å². The number of carbonyl (C=O) groups excluding carboxylic acids is 1. The van der Waals surface area contributed by atoms with Gasteiger partial charge in [-0.2, -0.15) is 0 Å². The number of hydrogen-bond donors (Lipinski definition) is 3. The van der Waals surface area contributed by atoms with Crippen molar-refractivity contribution in [2.45, 2.75) is 13.3 Å². The first-order valence-corrected chi connectivity index (χ1v) is 5.91. The fraction of sp³-hybridized carbons (Fsp3) is 0.462. The molecule has 0 heterocycles. The molecule has 1 aromatic rings. The van der Waals surface area contributed by atoms with Crippen LogP contribution in [0.4, 0.5) is 0 Å². The molecule has 0 aliphatic carbocycles. The van der Waals surface area contributed by atoms with E-state index in [1.807, 2.05) is 6.92 Å². The van der Waals surface area contributed by atoms with E-state index in [0.717, 1.165) is 5.56 Å². The van der Waals surface area contributed by atoms with E-state index in [-0.39, 0.29) is 23.8 Å². The predicted octanol–water partition coefficient (Wildman–Crippen LogP) is 0.829. The molecule has 0 aliphatic rings. The Bertz CT molecular complexity index is 393. The number of hydrogen-bond acceptors (Lipinski definition) is 4. The second-order valence-electron chi connectivity index (χ2n) is 3.97. The van der Waals surface area contributed by atoms with Crippen molar-refractivity contribution in [2.75, 3.05) is 26.4 Å². The minimum absolute atomic E-state index is 0.00357. The van der Waals surface area contributed by atoms with Gasteiger partial charge in [0.1, 0.15) is 5.75 Å². The number of aryl methyl sites for hydroxylation is 1. The molecule has 1 aromatic carbocycles. The highest BCUT2D eigenvalue weighted by Gasteiger charge is 2.09. The number of aliphatic hydroxyl groups excluding tert-OH is 1. The third-order valence-corrected chi connectivity index (χ3v) is 2.38. The minimum Gasteiger partial charge on any atom is -0.507 e. The van der Waals surface area contributed by atoms with E-state index in [1.165, 1.54) is 0 Å². The molecular formula is C13H19NO4. The van der Waals surface area contributed by atoms with Gasteiger partial charge in [-0.25, -0.2) is 0 Å². The maximum absolute atomic E-state index is 11.7. The lowest BCUT2D eigenvalue weighted by Gasteiger charge is -2.07. The Morgan fingerprint density at radius 1 is 1.39 bits per heavy atom. The zero-order valence-electron chi connectivity index (χ0n) is 10.5. The predicted molar refractivity (Wildman–Crippen MR) is 67.7 cm³/mol. The molecule has 0 saturated heterocycles. The van der Waals surface area contributed by atoms with Gasteiger partial charge in [-0.05, 0) is 31.0 Å². The summed E-state index contributed by atoms with van der Waals surface area (Å²) in [4.78, 5) is 11.7. The topological polar surface area (TPSA) is 78.8 Å². The van der Waals surface area contributed by atoms with Crippen molar-refractivity contribution >= 4 is 5.91 Å². The molecular weight excluding hydrogens is 234 g/mol. The summed E-state index contributed by atoms with van der Waals surface area (Å²) in [6.45, 7) is 3.12. The van der Waals surface area contributed by atoms with Crippen LogP contribution in [0.25, 0.3) is 0 Å². The van der Waals surface area contributed by atoms with E-state index in [2.05, 4.69) is 5.32 Å². The third-order valence-electron chi connectivity index (χ3n) is 2.38. The van der Waals surface area contributed by atoms with Crippen LogP contribution >= 0.6 is 0 Å². The number of benzene rings is 1. The highest BCUT2D eigenvalue weighted by Crippen LogP contribution is 2.17. The molecule has 0 fully saturated rings. The van der Waals surface area contributed by atoms with Crippen molar-refractivity contribution in [3.8, 4) is 5.75 Å². The van der Waals surface area contributed by atoms with Gasteiger partial charge in [0.05, 0.1) is 18.8 Å². The Labute approximate surface area is 106 Å². The van der Waals surface area contributed by atoms with E-state index in [0.29, 0.717) is 26.2 Å². The first-order chi connectivity index (χ1) is 8.65. The van der Waals surface area contributed by atoms with Crippen LogP contribution in [0.5, 0.6) is 5.75 Å². The molecule has 100 valence electrons. The van der Waals surface area contributed by atoms with Crippen molar-refractivity contribution in [1.82, 2.24) is 5.32 Å². The lowest BCUT2D eigenvalue weighted by Crippen LogP contribution is -2.25. The highest BCUT2D eigenvalue weighted by atomic mass is 16.5. The molecule has 0 aromatic heterocycles.